The standard InChI is InChI=1S/C25H21FN8OS/c1-3-18(35)30-14-8-13(9-27-10-14)21-20(26)19-16(11-29-21)33-34-23(19)25-31-22-15(6-7-28-24(22)32-25)17-5-4-12(2)36-17/h4-11,18,30,35H,3H2,1-2H3,(H,33,34)(H,28,31,32). The van der Waals surface area contributed by atoms with E-state index in [4.69, 9.17) is 0 Å². The summed E-state index contributed by atoms with van der Waals surface area (Å²) in [5.41, 5.74) is 4.19. The van der Waals surface area contributed by atoms with Crippen LogP contribution >= 0.6 is 11.3 Å². The van der Waals surface area contributed by atoms with Crippen LogP contribution in [0.15, 0.2) is 49.1 Å². The smallest absolute Gasteiger partial charge is 0.178 e. The van der Waals surface area contributed by atoms with Crippen LogP contribution in [0.2, 0.25) is 0 Å². The van der Waals surface area contributed by atoms with Crippen LogP contribution in [0.3, 0.4) is 0 Å². The number of aliphatic hydroxyl groups excluding tert-OH is 1. The molecule has 6 heterocycles. The Labute approximate surface area is 208 Å². The predicted octanol–water partition coefficient (Wildman–Crippen LogP) is 5.27. The number of aromatic nitrogens is 7. The molecule has 0 saturated carbocycles. The molecule has 180 valence electrons. The maximum absolute atomic E-state index is 15.9. The van der Waals surface area contributed by atoms with Crippen molar-refractivity contribution in [2.24, 2.45) is 0 Å². The van der Waals surface area contributed by atoms with Gasteiger partial charge in [0.05, 0.1) is 34.5 Å². The molecule has 0 saturated heterocycles. The van der Waals surface area contributed by atoms with E-state index in [1.165, 1.54) is 17.3 Å². The zero-order valence-corrected chi connectivity index (χ0v) is 20.2. The fraction of sp³-hybridized carbons (Fsp3) is 0.160. The van der Waals surface area contributed by atoms with Crippen molar-refractivity contribution in [1.82, 2.24) is 35.1 Å². The molecule has 0 fully saturated rings. The van der Waals surface area contributed by atoms with Gasteiger partial charge in [0.25, 0.3) is 0 Å². The largest absolute Gasteiger partial charge is 0.374 e. The second kappa shape index (κ2) is 8.77. The van der Waals surface area contributed by atoms with E-state index >= 15 is 4.39 Å². The maximum atomic E-state index is 15.9. The third kappa shape index (κ3) is 3.78. The van der Waals surface area contributed by atoms with Gasteiger partial charge in [0.15, 0.2) is 17.3 Å². The van der Waals surface area contributed by atoms with Crippen LogP contribution in [0.4, 0.5) is 10.1 Å². The minimum atomic E-state index is -0.729. The molecule has 0 amide bonds. The molecule has 6 aromatic heterocycles. The van der Waals surface area contributed by atoms with Gasteiger partial charge in [-0.1, -0.05) is 6.92 Å². The number of imidazole rings is 1. The SMILES string of the molecule is CCC(O)Nc1cncc(-c2ncc3[nH]nc(-c4nc5nccc(-c6ccc(C)s6)c5[nH]4)c3c2F)c1. The number of aryl methyl sites for hydroxylation is 1. The van der Waals surface area contributed by atoms with Gasteiger partial charge in [-0.25, -0.2) is 14.4 Å². The van der Waals surface area contributed by atoms with E-state index in [2.05, 4.69) is 59.5 Å². The lowest BCUT2D eigenvalue weighted by Gasteiger charge is -2.12. The van der Waals surface area contributed by atoms with Gasteiger partial charge in [0.1, 0.15) is 17.6 Å². The maximum Gasteiger partial charge on any atom is 0.178 e. The molecule has 9 nitrogen and oxygen atoms in total. The lowest BCUT2D eigenvalue weighted by molar-refractivity contribution is 0.199. The van der Waals surface area contributed by atoms with E-state index in [-0.39, 0.29) is 11.1 Å². The molecule has 1 atom stereocenters. The molecular formula is C25H21FN8OS. The van der Waals surface area contributed by atoms with Gasteiger partial charge in [-0.15, -0.1) is 11.3 Å². The van der Waals surface area contributed by atoms with Crippen LogP contribution in [0.5, 0.6) is 0 Å². The van der Waals surface area contributed by atoms with Gasteiger partial charge in [0.2, 0.25) is 0 Å². The Morgan fingerprint density at radius 2 is 2.03 bits per heavy atom. The number of H-pyrrole nitrogens is 2. The van der Waals surface area contributed by atoms with Crippen LogP contribution in [0.25, 0.3) is 55.3 Å². The molecule has 11 heteroatoms. The molecular weight excluding hydrogens is 479 g/mol. The van der Waals surface area contributed by atoms with Gasteiger partial charge in [0, 0.05) is 33.3 Å². The van der Waals surface area contributed by atoms with Crippen LogP contribution in [0.1, 0.15) is 18.2 Å². The molecule has 0 spiro atoms. The minimum absolute atomic E-state index is 0.122. The highest BCUT2D eigenvalue weighted by molar-refractivity contribution is 7.15. The van der Waals surface area contributed by atoms with Crippen molar-refractivity contribution in [1.29, 1.82) is 0 Å². The normalized spacial score (nSPS) is 12.4. The number of hydrogen-bond acceptors (Lipinski definition) is 8. The van der Waals surface area contributed by atoms with E-state index in [9.17, 15) is 5.11 Å². The number of nitrogens with one attached hydrogen (secondary N) is 3. The van der Waals surface area contributed by atoms with Crippen molar-refractivity contribution in [2.75, 3.05) is 5.32 Å². The number of pyridine rings is 3. The van der Waals surface area contributed by atoms with E-state index in [1.807, 2.05) is 13.0 Å². The molecule has 0 radical (unpaired) electrons. The summed E-state index contributed by atoms with van der Waals surface area (Å²) >= 11 is 1.68. The summed E-state index contributed by atoms with van der Waals surface area (Å²) < 4.78 is 15.9. The van der Waals surface area contributed by atoms with Crippen molar-refractivity contribution in [3.05, 3.63) is 59.7 Å². The first-order chi connectivity index (χ1) is 17.5. The first-order valence-corrected chi connectivity index (χ1v) is 12.2. The first kappa shape index (κ1) is 22.3. The van der Waals surface area contributed by atoms with Crippen molar-refractivity contribution in [3.63, 3.8) is 0 Å². The van der Waals surface area contributed by atoms with E-state index < -0.39 is 12.0 Å². The Morgan fingerprint density at radius 1 is 1.14 bits per heavy atom. The van der Waals surface area contributed by atoms with E-state index in [1.54, 1.807) is 29.8 Å². The van der Waals surface area contributed by atoms with Crippen molar-refractivity contribution < 1.29 is 9.50 Å². The number of anilines is 1. The lowest BCUT2D eigenvalue weighted by atomic mass is 10.1. The zero-order chi connectivity index (χ0) is 24.8. The van der Waals surface area contributed by atoms with Crippen molar-refractivity contribution >= 4 is 39.1 Å². The molecule has 0 aliphatic carbocycles. The topological polar surface area (TPSA) is 128 Å². The van der Waals surface area contributed by atoms with E-state index in [0.29, 0.717) is 40.4 Å². The van der Waals surface area contributed by atoms with Crippen molar-refractivity contribution in [3.8, 4) is 33.2 Å². The summed E-state index contributed by atoms with van der Waals surface area (Å²) in [5, 5.41) is 20.3. The van der Waals surface area contributed by atoms with Crippen LogP contribution in [0, 0.1) is 12.7 Å². The lowest BCUT2D eigenvalue weighted by Crippen LogP contribution is -2.17. The molecule has 1 unspecified atom stereocenters. The molecule has 4 N–H and O–H groups in total. The Morgan fingerprint density at radius 3 is 2.83 bits per heavy atom. The third-order valence-corrected chi connectivity index (χ3v) is 6.93. The van der Waals surface area contributed by atoms with Gasteiger partial charge >= 0.3 is 0 Å². The number of hydrogen-bond donors (Lipinski definition) is 4. The Kier molecular flexibility index (Phi) is 5.42. The fourth-order valence-electron chi connectivity index (χ4n) is 4.10. The second-order valence-corrected chi connectivity index (χ2v) is 9.65. The number of thiophene rings is 1. The van der Waals surface area contributed by atoms with Crippen LogP contribution in [-0.4, -0.2) is 46.5 Å². The molecule has 6 aromatic rings. The van der Waals surface area contributed by atoms with E-state index in [0.717, 1.165) is 16.0 Å². The quantitative estimate of drug-likeness (QED) is 0.229. The molecule has 0 aromatic carbocycles. The number of nitrogens with zero attached hydrogens (tertiary/aromatic N) is 5. The first-order valence-electron chi connectivity index (χ1n) is 11.4. The zero-order valence-electron chi connectivity index (χ0n) is 19.4. The number of aromatic amines is 2. The summed E-state index contributed by atoms with van der Waals surface area (Å²) in [6.07, 6.45) is 6.13. The highest BCUT2D eigenvalue weighted by Crippen LogP contribution is 2.35. The highest BCUT2D eigenvalue weighted by Gasteiger charge is 2.22. The van der Waals surface area contributed by atoms with Crippen molar-refractivity contribution in [2.45, 2.75) is 26.5 Å². The number of fused-ring (bicyclic) bond motifs is 2. The number of aliphatic hydroxyl groups is 1. The Hall–Kier alpha value is -4.22. The molecule has 0 aliphatic heterocycles. The predicted molar refractivity (Wildman–Crippen MR) is 138 cm³/mol. The summed E-state index contributed by atoms with van der Waals surface area (Å²) in [6.45, 7) is 3.91. The fourth-order valence-corrected chi connectivity index (χ4v) is 5.00. The second-order valence-electron chi connectivity index (χ2n) is 8.37. The highest BCUT2D eigenvalue weighted by atomic mass is 32.1. The Bertz CT molecular complexity index is 1720. The van der Waals surface area contributed by atoms with Gasteiger partial charge in [-0.05, 0) is 37.6 Å². The summed E-state index contributed by atoms with van der Waals surface area (Å²) in [4.78, 5) is 23.1. The Balaban J connectivity index is 1.46. The minimum Gasteiger partial charge on any atom is -0.374 e. The number of rotatable bonds is 6. The average Bonchev–Trinajstić information content (AvgIpc) is 3.62. The average molecular weight is 501 g/mol. The summed E-state index contributed by atoms with van der Waals surface area (Å²) in [5.74, 6) is -0.145. The molecule has 6 rings (SSSR count). The number of halogens is 1. The van der Waals surface area contributed by atoms with Gasteiger partial charge in [-0.2, -0.15) is 5.10 Å². The van der Waals surface area contributed by atoms with Crippen LogP contribution < -0.4 is 5.32 Å². The van der Waals surface area contributed by atoms with Gasteiger partial charge < -0.3 is 15.4 Å². The van der Waals surface area contributed by atoms with Crippen LogP contribution in [-0.2, 0) is 0 Å². The molecule has 36 heavy (non-hydrogen) atoms. The van der Waals surface area contributed by atoms with Gasteiger partial charge in [-0.3, -0.25) is 15.1 Å². The molecule has 0 bridgehead atoms. The monoisotopic (exact) mass is 500 g/mol. The molecule has 0 aliphatic rings. The summed E-state index contributed by atoms with van der Waals surface area (Å²) in [6, 6.07) is 7.76. The summed E-state index contributed by atoms with van der Waals surface area (Å²) in [7, 11) is 0. The third-order valence-electron chi connectivity index (χ3n) is 5.90.